The van der Waals surface area contributed by atoms with E-state index in [0.717, 1.165) is 78.8 Å². The Morgan fingerprint density at radius 3 is 1.17 bits per heavy atom. The third-order valence-electron chi connectivity index (χ3n) is 5.25. The van der Waals surface area contributed by atoms with Crippen LogP contribution < -0.4 is 21.3 Å². The maximum atomic E-state index is 3.61. The van der Waals surface area contributed by atoms with E-state index < -0.39 is 0 Å². The van der Waals surface area contributed by atoms with Gasteiger partial charge in [0, 0.05) is 39.8 Å². The van der Waals surface area contributed by atoms with E-state index in [9.17, 15) is 0 Å². The molecule has 0 aliphatic carbocycles. The lowest BCUT2D eigenvalue weighted by Crippen LogP contribution is -2.43. The van der Waals surface area contributed by atoms with Crippen molar-refractivity contribution in [1.82, 2.24) is 31.1 Å². The van der Waals surface area contributed by atoms with Gasteiger partial charge < -0.3 is 21.3 Å². The minimum Gasteiger partial charge on any atom is -0.304 e. The van der Waals surface area contributed by atoms with Crippen molar-refractivity contribution in [2.45, 2.75) is 25.9 Å². The molecule has 1 fully saturated rings. The van der Waals surface area contributed by atoms with Crippen LogP contribution in [0.15, 0.2) is 60.7 Å². The van der Waals surface area contributed by atoms with E-state index in [1.807, 2.05) is 0 Å². The zero-order chi connectivity index (χ0) is 20.7. The second-order valence-corrected chi connectivity index (χ2v) is 7.97. The van der Waals surface area contributed by atoms with Crippen LogP contribution in [0.3, 0.4) is 0 Å². The summed E-state index contributed by atoms with van der Waals surface area (Å²) in [6.07, 6.45) is 2.25. The summed E-state index contributed by atoms with van der Waals surface area (Å²) in [5, 5.41) is 14.4. The minimum atomic E-state index is 0.903. The topological polar surface area (TPSA) is 54.6 Å². The predicted molar refractivity (Wildman–Crippen MR) is 125 cm³/mol. The lowest BCUT2D eigenvalue weighted by Gasteiger charge is -2.25. The molecule has 0 atom stereocenters. The first kappa shape index (κ1) is 22.9. The van der Waals surface area contributed by atoms with Crippen molar-refractivity contribution in [3.05, 3.63) is 71.8 Å². The highest BCUT2D eigenvalue weighted by molar-refractivity contribution is 5.15. The molecule has 30 heavy (non-hydrogen) atoms. The van der Waals surface area contributed by atoms with Crippen molar-refractivity contribution in [2.24, 2.45) is 0 Å². The van der Waals surface area contributed by atoms with Crippen LogP contribution in [0.2, 0.25) is 0 Å². The van der Waals surface area contributed by atoms with Crippen molar-refractivity contribution >= 4 is 0 Å². The van der Waals surface area contributed by atoms with Crippen LogP contribution in [-0.4, -0.2) is 62.7 Å². The number of nitrogens with zero attached hydrogens (tertiary/aromatic N) is 2. The lowest BCUT2D eigenvalue weighted by molar-refractivity contribution is 0.213. The van der Waals surface area contributed by atoms with Gasteiger partial charge >= 0.3 is 0 Å². The quantitative estimate of drug-likeness (QED) is 0.619. The van der Waals surface area contributed by atoms with Gasteiger partial charge in [0.1, 0.15) is 0 Å². The highest BCUT2D eigenvalue weighted by atomic mass is 15.3. The molecule has 0 unspecified atom stereocenters. The highest BCUT2D eigenvalue weighted by Gasteiger charge is 2.07. The number of hydrogen-bond acceptors (Lipinski definition) is 6. The van der Waals surface area contributed by atoms with Gasteiger partial charge in [-0.05, 0) is 50.1 Å². The Bertz CT molecular complexity index is 590. The summed E-state index contributed by atoms with van der Waals surface area (Å²) in [4.78, 5) is 4.87. The van der Waals surface area contributed by atoms with E-state index in [2.05, 4.69) is 91.7 Å². The Labute approximate surface area is 182 Å². The monoisotopic (exact) mass is 410 g/mol. The summed E-state index contributed by atoms with van der Waals surface area (Å²) >= 11 is 0. The third-order valence-corrected chi connectivity index (χ3v) is 5.25. The largest absolute Gasteiger partial charge is 0.304 e. The van der Waals surface area contributed by atoms with Crippen molar-refractivity contribution in [1.29, 1.82) is 0 Å². The Kier molecular flexibility index (Phi) is 10.9. The van der Waals surface area contributed by atoms with Gasteiger partial charge in [0.25, 0.3) is 0 Å². The predicted octanol–water partition coefficient (Wildman–Crippen LogP) is 1.97. The molecule has 164 valence electrons. The van der Waals surface area contributed by atoms with Crippen LogP contribution >= 0.6 is 0 Å². The van der Waals surface area contributed by atoms with E-state index in [0.29, 0.717) is 0 Å². The molecule has 2 aromatic carbocycles. The Balaban J connectivity index is 1.44. The summed E-state index contributed by atoms with van der Waals surface area (Å²) in [6.45, 7) is 9.63. The fraction of sp³-hybridized carbons (Fsp3) is 0.500. The smallest absolute Gasteiger partial charge is 0.0496 e. The third kappa shape index (κ3) is 9.34. The average molecular weight is 411 g/mol. The van der Waals surface area contributed by atoms with Crippen molar-refractivity contribution in [3.8, 4) is 0 Å². The van der Waals surface area contributed by atoms with Crippen LogP contribution in [0.1, 0.15) is 24.0 Å². The molecule has 1 aliphatic rings. The summed E-state index contributed by atoms with van der Waals surface area (Å²) < 4.78 is 0. The van der Waals surface area contributed by atoms with Crippen LogP contribution in [0, 0.1) is 0 Å². The number of benzene rings is 2. The van der Waals surface area contributed by atoms with Crippen molar-refractivity contribution in [3.63, 3.8) is 0 Å². The zero-order valence-corrected chi connectivity index (χ0v) is 18.2. The van der Waals surface area contributed by atoms with Gasteiger partial charge in [0.15, 0.2) is 0 Å². The van der Waals surface area contributed by atoms with Gasteiger partial charge in [-0.1, -0.05) is 60.7 Å². The van der Waals surface area contributed by atoms with Gasteiger partial charge in [0.05, 0.1) is 0 Å². The Morgan fingerprint density at radius 2 is 0.833 bits per heavy atom. The highest BCUT2D eigenvalue weighted by Crippen LogP contribution is 2.04. The maximum Gasteiger partial charge on any atom is 0.0496 e. The fourth-order valence-electron chi connectivity index (χ4n) is 3.64. The van der Waals surface area contributed by atoms with Crippen LogP contribution in [-0.2, 0) is 13.1 Å². The molecule has 1 heterocycles. The Morgan fingerprint density at radius 1 is 0.500 bits per heavy atom. The molecular weight excluding hydrogens is 372 g/mol. The Hall–Kier alpha value is -1.80. The van der Waals surface area contributed by atoms with Crippen molar-refractivity contribution < 1.29 is 0 Å². The van der Waals surface area contributed by atoms with Crippen LogP contribution in [0.4, 0.5) is 0 Å². The molecule has 1 saturated heterocycles. The molecule has 0 radical (unpaired) electrons. The molecule has 6 nitrogen and oxygen atoms in total. The molecule has 3 rings (SSSR count). The van der Waals surface area contributed by atoms with Crippen LogP contribution in [0.5, 0.6) is 0 Å². The summed E-state index contributed by atoms with van der Waals surface area (Å²) in [5.74, 6) is 0. The van der Waals surface area contributed by atoms with E-state index in [4.69, 9.17) is 0 Å². The van der Waals surface area contributed by atoms with E-state index in [1.54, 1.807) is 0 Å². The van der Waals surface area contributed by atoms with Gasteiger partial charge in [0.2, 0.25) is 0 Å². The number of hydrogen-bond donors (Lipinski definition) is 4. The number of nitrogens with one attached hydrogen (secondary N) is 4. The molecule has 6 heteroatoms. The molecule has 0 amide bonds. The standard InChI is InChI=1S/C24H38N6/c1-3-9-23(10-4-1)17-29-19-25-13-7-15-27-21-30(18-24-11-5-2-6-12-24)22-28-16-8-14-26-20-29/h1-6,9-12,25-28H,7-8,13-22H2. The number of rotatable bonds is 4. The van der Waals surface area contributed by atoms with E-state index in [1.165, 1.54) is 11.1 Å². The molecule has 0 spiro atoms. The fourth-order valence-corrected chi connectivity index (χ4v) is 3.64. The molecule has 1 aliphatic heterocycles. The first-order chi connectivity index (χ1) is 14.9. The first-order valence-corrected chi connectivity index (χ1v) is 11.3. The molecule has 0 aromatic heterocycles. The SMILES string of the molecule is c1ccc(CN2CNCCCNCN(Cc3ccccc3)CNCCCNC2)cc1. The zero-order valence-electron chi connectivity index (χ0n) is 18.2. The first-order valence-electron chi connectivity index (χ1n) is 11.3. The second-order valence-electron chi connectivity index (χ2n) is 7.97. The van der Waals surface area contributed by atoms with E-state index in [-0.39, 0.29) is 0 Å². The average Bonchev–Trinajstić information content (AvgIpc) is 2.78. The summed E-state index contributed by atoms with van der Waals surface area (Å²) in [5.41, 5.74) is 2.72. The van der Waals surface area contributed by atoms with Gasteiger partial charge in [-0.25, -0.2) is 0 Å². The minimum absolute atomic E-state index is 0.903. The molecule has 0 saturated carbocycles. The normalized spacial score (nSPS) is 19.5. The summed E-state index contributed by atoms with van der Waals surface area (Å²) in [7, 11) is 0. The maximum absolute atomic E-state index is 3.61. The second kappa shape index (κ2) is 14.2. The van der Waals surface area contributed by atoms with Gasteiger partial charge in [-0.15, -0.1) is 0 Å². The molecule has 2 aromatic rings. The van der Waals surface area contributed by atoms with Crippen molar-refractivity contribution in [2.75, 3.05) is 52.9 Å². The molecular formula is C24H38N6. The lowest BCUT2D eigenvalue weighted by atomic mass is 10.2. The van der Waals surface area contributed by atoms with Gasteiger partial charge in [-0.2, -0.15) is 0 Å². The summed E-state index contributed by atoms with van der Waals surface area (Å²) in [6, 6.07) is 21.4. The molecule has 4 N–H and O–H groups in total. The van der Waals surface area contributed by atoms with E-state index >= 15 is 0 Å². The van der Waals surface area contributed by atoms with Gasteiger partial charge in [-0.3, -0.25) is 9.80 Å². The van der Waals surface area contributed by atoms with Crippen LogP contribution in [0.25, 0.3) is 0 Å². The molecule has 0 bridgehead atoms.